The van der Waals surface area contributed by atoms with Crippen molar-refractivity contribution in [2.45, 2.75) is 91.1 Å². The average Bonchev–Trinajstić information content (AvgIpc) is 2.58. The van der Waals surface area contributed by atoms with E-state index in [2.05, 4.69) is 6.92 Å². The van der Waals surface area contributed by atoms with Crippen molar-refractivity contribution < 1.29 is 28.5 Å². The molecule has 6 heteroatoms. The number of carbonyl (C=O) groups is 2. The van der Waals surface area contributed by atoms with Gasteiger partial charge in [0.25, 0.3) is 0 Å². The van der Waals surface area contributed by atoms with Gasteiger partial charge in [0.15, 0.2) is 0 Å². The van der Waals surface area contributed by atoms with Crippen molar-refractivity contribution in [1.82, 2.24) is 0 Å². The summed E-state index contributed by atoms with van der Waals surface area (Å²) in [5, 5.41) is 0. The van der Waals surface area contributed by atoms with Gasteiger partial charge in [-0.05, 0) is 27.2 Å². The Morgan fingerprint density at radius 3 is 1.85 bits per heavy atom. The molecular weight excluding hydrogens is 348 g/mol. The van der Waals surface area contributed by atoms with Gasteiger partial charge in [-0.15, -0.1) is 0 Å². The molecule has 0 heterocycles. The highest BCUT2D eigenvalue weighted by atomic mass is 16.6. The van der Waals surface area contributed by atoms with Gasteiger partial charge in [-0.25, -0.2) is 0 Å². The van der Waals surface area contributed by atoms with Crippen molar-refractivity contribution in [3.8, 4) is 0 Å². The average molecular weight is 389 g/mol. The largest absolute Gasteiger partial charge is 0.463 e. The predicted octanol–water partition coefficient (Wildman–Crippen LogP) is 4.44. The summed E-state index contributed by atoms with van der Waals surface area (Å²) in [5.41, 5.74) is -0.466. The van der Waals surface area contributed by atoms with Crippen molar-refractivity contribution >= 4 is 11.9 Å². The van der Waals surface area contributed by atoms with Crippen LogP contribution in [0.15, 0.2) is 0 Å². The molecule has 160 valence electrons. The van der Waals surface area contributed by atoms with Crippen LogP contribution in [-0.4, -0.2) is 50.6 Å². The lowest BCUT2D eigenvalue weighted by atomic mass is 10.1. The van der Waals surface area contributed by atoms with Gasteiger partial charge < -0.3 is 18.9 Å². The van der Waals surface area contributed by atoms with Crippen molar-refractivity contribution in [2.75, 3.05) is 33.0 Å². The van der Waals surface area contributed by atoms with Gasteiger partial charge in [0.05, 0.1) is 32.8 Å². The quantitative estimate of drug-likeness (QED) is 0.271. The van der Waals surface area contributed by atoms with E-state index in [1.54, 1.807) is 0 Å². The third-order valence-electron chi connectivity index (χ3n) is 3.72. The lowest BCUT2D eigenvalue weighted by Crippen LogP contribution is -2.24. The first-order valence-corrected chi connectivity index (χ1v) is 10.4. The molecule has 0 atom stereocenters. The van der Waals surface area contributed by atoms with Crippen LogP contribution in [0.5, 0.6) is 0 Å². The number of ether oxygens (including phenoxy) is 4. The normalized spacial score (nSPS) is 11.4. The second-order valence-corrected chi connectivity index (χ2v) is 7.65. The molecule has 0 aliphatic heterocycles. The zero-order valence-corrected chi connectivity index (χ0v) is 17.8. The minimum absolute atomic E-state index is 0.152. The number of esters is 2. The van der Waals surface area contributed by atoms with E-state index in [4.69, 9.17) is 18.9 Å². The highest BCUT2D eigenvalue weighted by molar-refractivity contribution is 5.70. The summed E-state index contributed by atoms with van der Waals surface area (Å²) in [6, 6.07) is 0. The van der Waals surface area contributed by atoms with Crippen LogP contribution in [0.25, 0.3) is 0 Å². The first-order valence-electron chi connectivity index (χ1n) is 10.4. The molecule has 6 nitrogen and oxygen atoms in total. The Balaban J connectivity index is 3.30. The number of hydrogen-bond donors (Lipinski definition) is 0. The monoisotopic (exact) mass is 388 g/mol. The maximum absolute atomic E-state index is 11.6. The van der Waals surface area contributed by atoms with Crippen molar-refractivity contribution in [2.24, 2.45) is 0 Å². The van der Waals surface area contributed by atoms with Crippen LogP contribution >= 0.6 is 0 Å². The maximum Gasteiger partial charge on any atom is 0.308 e. The summed E-state index contributed by atoms with van der Waals surface area (Å²) in [4.78, 5) is 23.0. The Morgan fingerprint density at radius 1 is 0.667 bits per heavy atom. The lowest BCUT2D eigenvalue weighted by Gasteiger charge is -2.19. The Labute approximate surface area is 165 Å². The van der Waals surface area contributed by atoms with Crippen LogP contribution in [-0.2, 0) is 28.5 Å². The predicted molar refractivity (Wildman–Crippen MR) is 106 cm³/mol. The molecule has 0 aromatic heterocycles. The van der Waals surface area contributed by atoms with Gasteiger partial charge in [0.1, 0.15) is 12.2 Å². The van der Waals surface area contributed by atoms with E-state index in [9.17, 15) is 9.59 Å². The molecular formula is C21H40O6. The Hall–Kier alpha value is -1.14. The molecule has 0 fully saturated rings. The standard InChI is InChI=1S/C21H40O6/c1-5-6-7-8-9-10-11-12-19(22)26-18-17-25-16-15-24-14-13-20(23)27-21(2,3)4/h5-18H2,1-4H3. The molecule has 0 aromatic carbocycles. The van der Waals surface area contributed by atoms with Crippen molar-refractivity contribution in [3.63, 3.8) is 0 Å². The SMILES string of the molecule is CCCCCCCCCC(=O)OCCOCCOCCC(=O)OC(C)(C)C. The van der Waals surface area contributed by atoms with Gasteiger partial charge in [-0.1, -0.05) is 45.4 Å². The van der Waals surface area contributed by atoms with Crippen LogP contribution in [0.3, 0.4) is 0 Å². The lowest BCUT2D eigenvalue weighted by molar-refractivity contribution is -0.156. The summed E-state index contributed by atoms with van der Waals surface area (Å²) < 4.78 is 21.0. The summed E-state index contributed by atoms with van der Waals surface area (Å²) in [6.07, 6.45) is 9.02. The maximum atomic E-state index is 11.6. The van der Waals surface area contributed by atoms with E-state index in [-0.39, 0.29) is 25.0 Å². The minimum Gasteiger partial charge on any atom is -0.463 e. The van der Waals surface area contributed by atoms with Crippen molar-refractivity contribution in [1.29, 1.82) is 0 Å². The van der Waals surface area contributed by atoms with Gasteiger partial charge in [-0.3, -0.25) is 9.59 Å². The molecule has 0 saturated carbocycles. The Kier molecular flexibility index (Phi) is 16.3. The van der Waals surface area contributed by atoms with Gasteiger partial charge in [-0.2, -0.15) is 0 Å². The highest BCUT2D eigenvalue weighted by Gasteiger charge is 2.15. The first-order chi connectivity index (χ1) is 12.8. The summed E-state index contributed by atoms with van der Waals surface area (Å²) in [5.74, 6) is -0.419. The minimum atomic E-state index is -0.466. The molecule has 0 spiro atoms. The summed E-state index contributed by atoms with van der Waals surface area (Å²) >= 11 is 0. The summed E-state index contributed by atoms with van der Waals surface area (Å²) in [7, 11) is 0. The summed E-state index contributed by atoms with van der Waals surface area (Å²) in [6.45, 7) is 9.46. The van der Waals surface area contributed by atoms with Crippen LogP contribution in [0, 0.1) is 0 Å². The molecule has 27 heavy (non-hydrogen) atoms. The van der Waals surface area contributed by atoms with Gasteiger partial charge >= 0.3 is 11.9 Å². The smallest absolute Gasteiger partial charge is 0.308 e. The number of unbranched alkanes of at least 4 members (excludes halogenated alkanes) is 6. The zero-order valence-electron chi connectivity index (χ0n) is 17.8. The number of rotatable bonds is 17. The van der Waals surface area contributed by atoms with E-state index < -0.39 is 5.60 Å². The molecule has 0 N–H and O–H groups in total. The highest BCUT2D eigenvalue weighted by Crippen LogP contribution is 2.09. The Bertz CT molecular complexity index is 375. The molecule has 0 aromatic rings. The molecule has 0 rings (SSSR count). The van der Waals surface area contributed by atoms with E-state index in [0.717, 1.165) is 12.8 Å². The zero-order chi connectivity index (χ0) is 20.4. The third kappa shape index (κ3) is 21.0. The van der Waals surface area contributed by atoms with Crippen LogP contribution < -0.4 is 0 Å². The van der Waals surface area contributed by atoms with Crippen LogP contribution in [0.4, 0.5) is 0 Å². The molecule has 0 radical (unpaired) electrons. The van der Waals surface area contributed by atoms with E-state index >= 15 is 0 Å². The second kappa shape index (κ2) is 17.0. The topological polar surface area (TPSA) is 71.1 Å². The fraction of sp³-hybridized carbons (Fsp3) is 0.905. The van der Waals surface area contributed by atoms with E-state index in [1.807, 2.05) is 20.8 Å². The molecule has 0 aliphatic rings. The molecule has 0 aliphatic carbocycles. The fourth-order valence-electron chi connectivity index (χ4n) is 2.38. The molecule has 0 amide bonds. The Morgan fingerprint density at radius 2 is 1.22 bits per heavy atom. The molecule has 0 saturated heterocycles. The fourth-order valence-corrected chi connectivity index (χ4v) is 2.38. The molecule has 0 bridgehead atoms. The first kappa shape index (κ1) is 25.9. The van der Waals surface area contributed by atoms with E-state index in [0.29, 0.717) is 32.8 Å². The van der Waals surface area contributed by atoms with Crippen molar-refractivity contribution in [3.05, 3.63) is 0 Å². The number of carbonyl (C=O) groups excluding carboxylic acids is 2. The van der Waals surface area contributed by atoms with Gasteiger partial charge in [0.2, 0.25) is 0 Å². The second-order valence-electron chi connectivity index (χ2n) is 7.65. The van der Waals surface area contributed by atoms with E-state index in [1.165, 1.54) is 32.1 Å². The van der Waals surface area contributed by atoms with Gasteiger partial charge in [0, 0.05) is 6.42 Å². The third-order valence-corrected chi connectivity index (χ3v) is 3.72. The van der Waals surface area contributed by atoms with Crippen LogP contribution in [0.2, 0.25) is 0 Å². The number of hydrogen-bond acceptors (Lipinski definition) is 6. The van der Waals surface area contributed by atoms with Crippen LogP contribution in [0.1, 0.15) is 85.5 Å². The molecule has 0 unspecified atom stereocenters.